The Morgan fingerprint density at radius 1 is 0.765 bits per heavy atom. The maximum absolute atomic E-state index is 3.68. The first-order chi connectivity index (χ1) is 8.18. The van der Waals surface area contributed by atoms with Gasteiger partial charge in [-0.15, -0.1) is 0 Å². The molecule has 0 radical (unpaired) electrons. The highest BCUT2D eigenvalue weighted by atomic mass is 79.9. The van der Waals surface area contributed by atoms with Gasteiger partial charge in [-0.3, -0.25) is 0 Å². The van der Waals surface area contributed by atoms with Crippen LogP contribution in [0.15, 0.2) is 54.6 Å². The van der Waals surface area contributed by atoms with Crippen LogP contribution >= 0.6 is 31.9 Å². The molecule has 2 unspecified atom stereocenters. The van der Waals surface area contributed by atoms with Gasteiger partial charge < -0.3 is 0 Å². The number of rotatable bonds is 3. The third-order valence-electron chi connectivity index (χ3n) is 2.74. The number of hydrogen-bond acceptors (Lipinski definition) is 0. The van der Waals surface area contributed by atoms with Crippen molar-refractivity contribution in [3.05, 3.63) is 60.2 Å². The van der Waals surface area contributed by atoms with Crippen LogP contribution in [0.4, 0.5) is 0 Å². The second-order valence-electron chi connectivity index (χ2n) is 4.07. The topological polar surface area (TPSA) is 0 Å². The zero-order valence-electron chi connectivity index (χ0n) is 9.61. The lowest BCUT2D eigenvalue weighted by Crippen LogP contribution is -2.00. The second-order valence-corrected chi connectivity index (χ2v) is 6.50. The highest BCUT2D eigenvalue weighted by molar-refractivity contribution is 9.12. The van der Waals surface area contributed by atoms with Gasteiger partial charge in [-0.25, -0.2) is 0 Å². The van der Waals surface area contributed by atoms with Crippen LogP contribution < -0.4 is 0 Å². The zero-order valence-corrected chi connectivity index (χ0v) is 12.8. The van der Waals surface area contributed by atoms with Crippen molar-refractivity contribution in [2.75, 3.05) is 0 Å². The highest BCUT2D eigenvalue weighted by Gasteiger charge is 2.12. The van der Waals surface area contributed by atoms with Crippen molar-refractivity contribution in [3.63, 3.8) is 0 Å². The van der Waals surface area contributed by atoms with Gasteiger partial charge >= 0.3 is 0 Å². The van der Waals surface area contributed by atoms with Crippen LogP contribution in [-0.2, 0) is 0 Å². The molecular formula is C15H14Br2. The van der Waals surface area contributed by atoms with E-state index < -0.39 is 0 Å². The van der Waals surface area contributed by atoms with Crippen molar-refractivity contribution in [2.45, 2.75) is 16.6 Å². The van der Waals surface area contributed by atoms with Crippen LogP contribution in [-0.4, -0.2) is 4.83 Å². The molecule has 2 aromatic carbocycles. The number of halogens is 2. The molecule has 17 heavy (non-hydrogen) atoms. The molecule has 0 bridgehead atoms. The van der Waals surface area contributed by atoms with E-state index in [1.807, 2.05) is 6.07 Å². The Balaban J connectivity index is 2.25. The summed E-state index contributed by atoms with van der Waals surface area (Å²) in [5, 5.41) is 0. The monoisotopic (exact) mass is 352 g/mol. The number of benzene rings is 2. The van der Waals surface area contributed by atoms with E-state index in [4.69, 9.17) is 0 Å². The lowest BCUT2D eigenvalue weighted by molar-refractivity contribution is 0.949. The molecule has 0 N–H and O–H groups in total. The maximum atomic E-state index is 3.68. The summed E-state index contributed by atoms with van der Waals surface area (Å²) in [4.78, 5) is 0.775. The lowest BCUT2D eigenvalue weighted by atomic mass is 10.0. The summed E-state index contributed by atoms with van der Waals surface area (Å²) in [5.74, 6) is 0. The van der Waals surface area contributed by atoms with E-state index in [0.29, 0.717) is 9.65 Å². The fourth-order valence-corrected chi connectivity index (χ4v) is 2.37. The summed E-state index contributed by atoms with van der Waals surface area (Å²) >= 11 is 7.28. The summed E-state index contributed by atoms with van der Waals surface area (Å²) in [6, 6.07) is 19.1. The second kappa shape index (κ2) is 5.83. The normalized spacial score (nSPS) is 14.3. The van der Waals surface area contributed by atoms with Gasteiger partial charge in [0, 0.05) is 4.83 Å². The Kier molecular flexibility index (Phi) is 4.41. The van der Waals surface area contributed by atoms with Gasteiger partial charge in [0.15, 0.2) is 0 Å². The molecule has 2 heteroatoms. The summed E-state index contributed by atoms with van der Waals surface area (Å²) < 4.78 is 0. The maximum Gasteiger partial charge on any atom is 0.0517 e. The standard InChI is InChI=1S/C15H14Br2/c1-11(16)15(17)14-9-7-13(8-10-14)12-5-3-2-4-6-12/h2-11,15H,1H3. The van der Waals surface area contributed by atoms with Gasteiger partial charge in [-0.1, -0.05) is 93.4 Å². The van der Waals surface area contributed by atoms with Gasteiger partial charge in [0.05, 0.1) is 4.83 Å². The van der Waals surface area contributed by atoms with E-state index in [0.717, 1.165) is 0 Å². The van der Waals surface area contributed by atoms with E-state index in [1.165, 1.54) is 16.7 Å². The third kappa shape index (κ3) is 3.20. The van der Waals surface area contributed by atoms with Gasteiger partial charge in [0.1, 0.15) is 0 Å². The minimum absolute atomic E-state index is 0.354. The molecule has 0 aliphatic carbocycles. The largest absolute Gasteiger partial charge is 0.0878 e. The minimum Gasteiger partial charge on any atom is -0.0878 e. The smallest absolute Gasteiger partial charge is 0.0517 e. The number of alkyl halides is 2. The SMILES string of the molecule is CC(Br)C(Br)c1ccc(-c2ccccc2)cc1. The molecule has 0 fully saturated rings. The zero-order chi connectivity index (χ0) is 12.3. The molecule has 2 atom stereocenters. The number of hydrogen-bond donors (Lipinski definition) is 0. The molecule has 0 nitrogen and oxygen atoms in total. The van der Waals surface area contributed by atoms with Gasteiger partial charge in [0.2, 0.25) is 0 Å². The van der Waals surface area contributed by atoms with E-state index in [2.05, 4.69) is 87.3 Å². The Morgan fingerprint density at radius 3 is 1.82 bits per heavy atom. The lowest BCUT2D eigenvalue weighted by Gasteiger charge is -2.13. The van der Waals surface area contributed by atoms with Crippen LogP contribution in [0.25, 0.3) is 11.1 Å². The summed E-state index contributed by atoms with van der Waals surface area (Å²) in [6.07, 6.45) is 0. The molecule has 0 spiro atoms. The van der Waals surface area contributed by atoms with Crippen molar-refractivity contribution < 1.29 is 0 Å². The van der Waals surface area contributed by atoms with Gasteiger partial charge in [-0.05, 0) is 16.7 Å². The highest BCUT2D eigenvalue weighted by Crippen LogP contribution is 2.32. The predicted octanol–water partition coefficient (Wildman–Crippen LogP) is 5.57. The van der Waals surface area contributed by atoms with E-state index in [-0.39, 0.29) is 0 Å². The Bertz CT molecular complexity index is 460. The third-order valence-corrected chi connectivity index (χ3v) is 5.30. The van der Waals surface area contributed by atoms with Crippen molar-refractivity contribution in [1.82, 2.24) is 0 Å². The molecule has 0 amide bonds. The Hall–Kier alpha value is -0.600. The van der Waals surface area contributed by atoms with Gasteiger partial charge in [0.25, 0.3) is 0 Å². The molecule has 0 saturated heterocycles. The molecule has 2 aromatic rings. The first-order valence-corrected chi connectivity index (χ1v) is 7.45. The quantitative estimate of drug-likeness (QED) is 0.632. The van der Waals surface area contributed by atoms with Crippen LogP contribution in [0.1, 0.15) is 17.3 Å². The molecule has 88 valence electrons. The van der Waals surface area contributed by atoms with E-state index in [1.54, 1.807) is 0 Å². The first-order valence-electron chi connectivity index (χ1n) is 5.62. The van der Waals surface area contributed by atoms with Gasteiger partial charge in [-0.2, -0.15) is 0 Å². The van der Waals surface area contributed by atoms with Crippen molar-refractivity contribution in [1.29, 1.82) is 0 Å². The van der Waals surface area contributed by atoms with Crippen molar-refractivity contribution in [3.8, 4) is 11.1 Å². The van der Waals surface area contributed by atoms with Crippen LogP contribution in [0.2, 0.25) is 0 Å². The van der Waals surface area contributed by atoms with Crippen LogP contribution in [0.3, 0.4) is 0 Å². The average molecular weight is 354 g/mol. The van der Waals surface area contributed by atoms with Crippen LogP contribution in [0, 0.1) is 0 Å². The summed E-state index contributed by atoms with van der Waals surface area (Å²) in [6.45, 7) is 2.14. The fraction of sp³-hybridized carbons (Fsp3) is 0.200. The fourth-order valence-electron chi connectivity index (χ4n) is 1.76. The molecule has 0 heterocycles. The summed E-state index contributed by atoms with van der Waals surface area (Å²) in [7, 11) is 0. The van der Waals surface area contributed by atoms with Crippen LogP contribution in [0.5, 0.6) is 0 Å². The molecular weight excluding hydrogens is 340 g/mol. The Labute approximate surface area is 119 Å². The van der Waals surface area contributed by atoms with E-state index >= 15 is 0 Å². The molecule has 0 aromatic heterocycles. The molecule has 0 aliphatic rings. The summed E-state index contributed by atoms with van der Waals surface area (Å²) in [5.41, 5.74) is 3.82. The minimum atomic E-state index is 0.354. The van der Waals surface area contributed by atoms with Crippen molar-refractivity contribution >= 4 is 31.9 Å². The average Bonchev–Trinajstić information content (AvgIpc) is 2.39. The van der Waals surface area contributed by atoms with Crippen molar-refractivity contribution in [2.24, 2.45) is 0 Å². The van der Waals surface area contributed by atoms with E-state index in [9.17, 15) is 0 Å². The molecule has 0 saturated carbocycles. The Morgan fingerprint density at radius 2 is 1.29 bits per heavy atom. The predicted molar refractivity (Wildman–Crippen MR) is 81.9 cm³/mol. The molecule has 2 rings (SSSR count). The molecule has 0 aliphatic heterocycles. The first kappa shape index (κ1) is 12.8.